The first-order valence-electron chi connectivity index (χ1n) is 11.8. The fourth-order valence-corrected chi connectivity index (χ4v) is 3.93. The molecular formula is C22H35N5O7. The number of carbonyl (C=O) groups is 6. The molecule has 0 aromatic rings. The van der Waals surface area contributed by atoms with Crippen LogP contribution in [0.25, 0.3) is 0 Å². The van der Waals surface area contributed by atoms with Crippen molar-refractivity contribution in [3.63, 3.8) is 0 Å². The van der Waals surface area contributed by atoms with E-state index >= 15 is 0 Å². The van der Waals surface area contributed by atoms with Gasteiger partial charge in [0.05, 0.1) is 13.0 Å². The first-order valence-corrected chi connectivity index (χ1v) is 11.8. The van der Waals surface area contributed by atoms with Crippen LogP contribution in [-0.4, -0.2) is 83.7 Å². The summed E-state index contributed by atoms with van der Waals surface area (Å²) in [4.78, 5) is 77.2. The van der Waals surface area contributed by atoms with E-state index < -0.39 is 17.8 Å². The molecule has 0 radical (unpaired) electrons. The van der Waals surface area contributed by atoms with Crippen molar-refractivity contribution in [1.82, 2.24) is 25.9 Å². The van der Waals surface area contributed by atoms with Crippen LogP contribution in [-0.2, 0) is 33.6 Å². The number of nitrogens with one attached hydrogen (secondary N) is 3. The van der Waals surface area contributed by atoms with Gasteiger partial charge in [-0.1, -0.05) is 6.42 Å². The molecule has 2 heterocycles. The summed E-state index contributed by atoms with van der Waals surface area (Å²) in [5.74, 6) is -2.70. The van der Waals surface area contributed by atoms with E-state index in [1.165, 1.54) is 6.42 Å². The van der Waals surface area contributed by atoms with Gasteiger partial charge in [-0.05, 0) is 26.7 Å². The van der Waals surface area contributed by atoms with Gasteiger partial charge in [-0.25, -0.2) is 4.79 Å². The van der Waals surface area contributed by atoms with Gasteiger partial charge in [-0.2, -0.15) is 0 Å². The van der Waals surface area contributed by atoms with Crippen molar-refractivity contribution < 1.29 is 33.6 Å². The number of carbonyl (C=O) groups excluding carboxylic acids is 6. The number of hydrogen-bond donors (Lipinski definition) is 3. The second-order valence-electron chi connectivity index (χ2n) is 8.65. The van der Waals surface area contributed by atoms with Gasteiger partial charge >= 0.3 is 5.97 Å². The summed E-state index contributed by atoms with van der Waals surface area (Å²) >= 11 is 0. The maximum absolute atomic E-state index is 12.2. The summed E-state index contributed by atoms with van der Waals surface area (Å²) in [5, 5.41) is 8.32. The lowest BCUT2D eigenvalue weighted by atomic mass is 9.98. The molecule has 0 aromatic heterocycles. The predicted octanol–water partition coefficient (Wildman–Crippen LogP) is -0.625. The third-order valence-electron chi connectivity index (χ3n) is 5.90. The normalized spacial score (nSPS) is 20.7. The molecule has 12 nitrogen and oxygen atoms in total. The summed E-state index contributed by atoms with van der Waals surface area (Å²) < 4.78 is 0. The molecule has 34 heavy (non-hydrogen) atoms. The minimum absolute atomic E-state index is 0.0120. The number of nitrogens with zero attached hydrogens (tertiary/aromatic N) is 2. The summed E-state index contributed by atoms with van der Waals surface area (Å²) in [6, 6.07) is 0.737. The molecule has 3 N–H and O–H groups in total. The first-order chi connectivity index (χ1) is 16.2. The van der Waals surface area contributed by atoms with Crippen LogP contribution < -0.4 is 16.0 Å². The smallest absolute Gasteiger partial charge is 0.334 e. The van der Waals surface area contributed by atoms with Crippen molar-refractivity contribution in [3.8, 4) is 0 Å². The predicted molar refractivity (Wildman–Crippen MR) is 120 cm³/mol. The highest BCUT2D eigenvalue weighted by Gasteiger charge is 2.32. The van der Waals surface area contributed by atoms with E-state index in [4.69, 9.17) is 4.84 Å². The molecule has 0 aliphatic carbocycles. The topological polar surface area (TPSA) is 154 Å². The van der Waals surface area contributed by atoms with E-state index in [1.807, 2.05) is 0 Å². The quantitative estimate of drug-likeness (QED) is 0.244. The van der Waals surface area contributed by atoms with Crippen molar-refractivity contribution in [2.45, 2.75) is 77.3 Å². The first kappa shape index (κ1) is 27.2. The van der Waals surface area contributed by atoms with Gasteiger partial charge < -0.3 is 20.8 Å². The molecule has 12 heteroatoms. The van der Waals surface area contributed by atoms with Crippen LogP contribution in [0.3, 0.4) is 0 Å². The Bertz CT molecular complexity index is 762. The lowest BCUT2D eigenvalue weighted by Crippen LogP contribution is -2.49. The van der Waals surface area contributed by atoms with E-state index in [0.717, 1.165) is 12.8 Å². The average Bonchev–Trinajstić information content (AvgIpc) is 3.08. The van der Waals surface area contributed by atoms with E-state index in [9.17, 15) is 28.8 Å². The molecule has 0 saturated carbocycles. The third-order valence-corrected chi connectivity index (χ3v) is 5.90. The zero-order valence-corrected chi connectivity index (χ0v) is 19.9. The maximum Gasteiger partial charge on any atom is 0.334 e. The number of rotatable bonds is 12. The second kappa shape index (κ2) is 13.6. The van der Waals surface area contributed by atoms with Crippen molar-refractivity contribution in [2.24, 2.45) is 0 Å². The summed E-state index contributed by atoms with van der Waals surface area (Å²) in [7, 11) is 0. The molecule has 190 valence electrons. The summed E-state index contributed by atoms with van der Waals surface area (Å²) in [5.41, 5.74) is 0. The molecule has 2 rings (SSSR count). The Balaban J connectivity index is 1.49. The molecule has 2 atom stereocenters. The fourth-order valence-electron chi connectivity index (χ4n) is 3.93. The van der Waals surface area contributed by atoms with Crippen molar-refractivity contribution in [2.75, 3.05) is 26.2 Å². The standard InChI is InChI=1S/C22H35N5O7/c1-15-4-3-5-16(2)26(15)14-19(30)25-12-9-17(28)23-11-8-18(29)24-13-10-22(33)34-27-20(31)6-7-21(27)32/h15-16H,3-14H2,1-2H3,(H,23,28)(H,24,29)(H,25,30)/i9+1,12+1,17+1,18+1,19+1. The zero-order valence-electron chi connectivity index (χ0n) is 19.9. The maximum atomic E-state index is 12.2. The Morgan fingerprint density at radius 2 is 1.26 bits per heavy atom. The number of amides is 5. The molecule has 5 amide bonds. The molecule has 2 aliphatic rings. The highest BCUT2D eigenvalue weighted by atomic mass is 16.7. The number of hydrogen-bond acceptors (Lipinski definition) is 8. The SMILES string of the molecule is CC1CCCC(C)N1C[13C](=O)N[13CH2][13CH2][13C](=O)NCC[13C](=O)NCCC(=O)ON1C(=O)CCC1=O. The minimum atomic E-state index is -0.802. The van der Waals surface area contributed by atoms with Crippen molar-refractivity contribution in [1.29, 1.82) is 0 Å². The van der Waals surface area contributed by atoms with Crippen LogP contribution in [0.2, 0.25) is 0 Å². The van der Waals surface area contributed by atoms with Gasteiger partial charge in [-0.15, -0.1) is 5.06 Å². The monoisotopic (exact) mass is 486 g/mol. The Hall–Kier alpha value is -3.02. The number of piperidine rings is 1. The van der Waals surface area contributed by atoms with E-state index in [0.29, 0.717) is 23.7 Å². The van der Waals surface area contributed by atoms with Crippen molar-refractivity contribution >= 4 is 35.5 Å². The molecule has 0 aromatic carbocycles. The molecule has 2 aliphatic heterocycles. The molecule has 2 saturated heterocycles. The number of hydroxylamine groups is 2. The Morgan fingerprint density at radius 1 is 0.794 bits per heavy atom. The highest BCUT2D eigenvalue weighted by Crippen LogP contribution is 2.21. The van der Waals surface area contributed by atoms with Crippen LogP contribution in [0.1, 0.15) is 65.2 Å². The molecule has 0 spiro atoms. The Morgan fingerprint density at radius 3 is 1.79 bits per heavy atom. The van der Waals surface area contributed by atoms with E-state index in [2.05, 4.69) is 34.7 Å². The Kier molecular flexibility index (Phi) is 10.9. The fraction of sp³-hybridized carbons (Fsp3) is 0.727. The molecule has 2 fully saturated rings. The Labute approximate surface area is 199 Å². The van der Waals surface area contributed by atoms with Gasteiger partial charge in [0.15, 0.2) is 0 Å². The summed E-state index contributed by atoms with van der Waals surface area (Å²) in [6.45, 7) is 4.87. The lowest BCUT2D eigenvalue weighted by Gasteiger charge is -2.38. The molecular weight excluding hydrogens is 451 g/mol. The minimum Gasteiger partial charge on any atom is -0.356 e. The summed E-state index contributed by atoms with van der Waals surface area (Å²) in [6.07, 6.45) is 3.28. The van der Waals surface area contributed by atoms with Crippen LogP contribution in [0.5, 0.6) is 0 Å². The highest BCUT2D eigenvalue weighted by molar-refractivity contribution is 6.01. The van der Waals surface area contributed by atoms with Crippen molar-refractivity contribution in [3.05, 3.63) is 0 Å². The zero-order chi connectivity index (χ0) is 25.1. The molecule has 0 bridgehead atoms. The van der Waals surface area contributed by atoms with E-state index in [1.54, 1.807) is 0 Å². The van der Waals surface area contributed by atoms with Crippen LogP contribution in [0.4, 0.5) is 0 Å². The van der Waals surface area contributed by atoms with Gasteiger partial charge in [0.2, 0.25) is 17.7 Å². The third kappa shape index (κ3) is 9.08. The van der Waals surface area contributed by atoms with Gasteiger partial charge in [0.1, 0.15) is 0 Å². The van der Waals surface area contributed by atoms with Gasteiger partial charge in [-0.3, -0.25) is 28.9 Å². The van der Waals surface area contributed by atoms with Gasteiger partial charge in [0, 0.05) is 57.4 Å². The molecule has 2 unspecified atom stereocenters. The van der Waals surface area contributed by atoms with Crippen LogP contribution in [0.15, 0.2) is 0 Å². The van der Waals surface area contributed by atoms with Crippen LogP contribution >= 0.6 is 0 Å². The van der Waals surface area contributed by atoms with Gasteiger partial charge in [0.25, 0.3) is 11.8 Å². The second-order valence-corrected chi connectivity index (χ2v) is 8.65. The number of imide groups is 1. The number of likely N-dealkylation sites (tertiary alicyclic amines) is 1. The largest absolute Gasteiger partial charge is 0.356 e. The van der Waals surface area contributed by atoms with Crippen LogP contribution in [0, 0.1) is 0 Å². The lowest BCUT2D eigenvalue weighted by molar-refractivity contribution is -0.197. The van der Waals surface area contributed by atoms with E-state index in [-0.39, 0.29) is 69.5 Å². The average molecular weight is 487 g/mol.